The number of aryl methyl sites for hydroxylation is 1. The molecule has 25 heavy (non-hydrogen) atoms. The number of ether oxygens (including phenoxy) is 4. The Morgan fingerprint density at radius 3 is 2.44 bits per heavy atom. The Balaban J connectivity index is 0.000000146. The molecule has 3 aliphatic rings. The van der Waals surface area contributed by atoms with Gasteiger partial charge in [-0.15, -0.1) is 0 Å². The molecule has 0 aromatic heterocycles. The Morgan fingerprint density at radius 1 is 0.920 bits per heavy atom. The van der Waals surface area contributed by atoms with E-state index >= 15 is 0 Å². The van der Waals surface area contributed by atoms with E-state index in [2.05, 4.69) is 0 Å². The highest BCUT2D eigenvalue weighted by molar-refractivity contribution is 5.82. The van der Waals surface area contributed by atoms with Gasteiger partial charge in [-0.2, -0.15) is 0 Å². The van der Waals surface area contributed by atoms with Crippen molar-refractivity contribution in [3.63, 3.8) is 0 Å². The van der Waals surface area contributed by atoms with E-state index in [0.29, 0.717) is 17.9 Å². The molecule has 0 N–H and O–H groups in total. The zero-order valence-electron chi connectivity index (χ0n) is 14.2. The smallest absolute Gasteiger partial charge is 0.207 e. The van der Waals surface area contributed by atoms with Crippen molar-refractivity contribution in [3.05, 3.63) is 47.4 Å². The summed E-state index contributed by atoms with van der Waals surface area (Å²) in [7, 11) is 0. The van der Waals surface area contributed by atoms with E-state index in [9.17, 15) is 9.59 Å². The van der Waals surface area contributed by atoms with Gasteiger partial charge in [0.05, 0.1) is 12.7 Å². The van der Waals surface area contributed by atoms with Gasteiger partial charge in [0.2, 0.25) is 5.78 Å². The molecule has 3 heterocycles. The van der Waals surface area contributed by atoms with Crippen molar-refractivity contribution in [2.24, 2.45) is 0 Å². The van der Waals surface area contributed by atoms with Crippen LogP contribution in [0, 0.1) is 6.92 Å². The number of fused-ring (bicyclic) bond motifs is 2. The van der Waals surface area contributed by atoms with Crippen LogP contribution in [0.3, 0.4) is 0 Å². The molecule has 1 atom stereocenters. The first kappa shape index (κ1) is 17.1. The van der Waals surface area contributed by atoms with Gasteiger partial charge in [-0.05, 0) is 43.2 Å². The fourth-order valence-corrected chi connectivity index (χ4v) is 2.53. The molecule has 1 unspecified atom stereocenters. The summed E-state index contributed by atoms with van der Waals surface area (Å²) < 4.78 is 21.0. The molecule has 0 spiro atoms. The molecule has 0 amide bonds. The van der Waals surface area contributed by atoms with Crippen molar-refractivity contribution < 1.29 is 28.5 Å². The number of benzene rings is 1. The van der Waals surface area contributed by atoms with Crippen molar-refractivity contribution in [1.29, 1.82) is 0 Å². The van der Waals surface area contributed by atoms with Gasteiger partial charge in [-0.3, -0.25) is 9.59 Å². The molecule has 1 fully saturated rings. The number of carbonyl (C=O) groups is 2. The zero-order valence-corrected chi connectivity index (χ0v) is 14.2. The summed E-state index contributed by atoms with van der Waals surface area (Å²) in [5.41, 5.74) is 2.12. The van der Waals surface area contributed by atoms with Crippen LogP contribution in [-0.2, 0) is 19.1 Å². The van der Waals surface area contributed by atoms with Crippen LogP contribution in [0.1, 0.15) is 18.9 Å². The predicted octanol–water partition coefficient (Wildman–Crippen LogP) is 2.50. The van der Waals surface area contributed by atoms with Crippen molar-refractivity contribution in [3.8, 4) is 11.5 Å². The SMILES string of the molecule is CC1=COC2CC(=O)COC2=C1.Cc1ccc2c(c1)OCC(=O)CO2. The van der Waals surface area contributed by atoms with Gasteiger partial charge in [-0.25, -0.2) is 0 Å². The number of Topliss-reactive ketones (excluding diaryl/α,β-unsaturated/α-hetero) is 2. The Bertz CT molecular complexity index is 746. The third kappa shape index (κ3) is 4.41. The summed E-state index contributed by atoms with van der Waals surface area (Å²) in [6.45, 7) is 4.31. The highest BCUT2D eigenvalue weighted by atomic mass is 16.5. The predicted molar refractivity (Wildman–Crippen MR) is 89.5 cm³/mol. The van der Waals surface area contributed by atoms with Crippen molar-refractivity contribution >= 4 is 11.6 Å². The molecule has 1 saturated heterocycles. The van der Waals surface area contributed by atoms with Crippen molar-refractivity contribution in [2.75, 3.05) is 19.8 Å². The first-order chi connectivity index (χ1) is 12.0. The number of hydrogen-bond donors (Lipinski definition) is 0. The molecule has 132 valence electrons. The van der Waals surface area contributed by atoms with Crippen LogP contribution in [0.4, 0.5) is 0 Å². The van der Waals surface area contributed by atoms with E-state index in [4.69, 9.17) is 18.9 Å². The second kappa shape index (κ2) is 7.42. The molecule has 0 aliphatic carbocycles. The first-order valence-electron chi connectivity index (χ1n) is 8.07. The molecular formula is C19H20O6. The zero-order chi connectivity index (χ0) is 17.8. The Labute approximate surface area is 146 Å². The van der Waals surface area contributed by atoms with Gasteiger partial charge >= 0.3 is 0 Å². The minimum atomic E-state index is -0.171. The lowest BCUT2D eigenvalue weighted by atomic mass is 10.1. The van der Waals surface area contributed by atoms with Crippen LogP contribution < -0.4 is 9.47 Å². The average Bonchev–Trinajstić information content (AvgIpc) is 2.77. The van der Waals surface area contributed by atoms with Crippen LogP contribution in [-0.4, -0.2) is 37.5 Å². The van der Waals surface area contributed by atoms with Gasteiger partial charge in [0, 0.05) is 0 Å². The summed E-state index contributed by atoms with van der Waals surface area (Å²) in [5.74, 6) is 2.16. The van der Waals surface area contributed by atoms with E-state index in [1.165, 1.54) is 0 Å². The van der Waals surface area contributed by atoms with Gasteiger partial charge in [0.1, 0.15) is 12.4 Å². The summed E-state index contributed by atoms with van der Waals surface area (Å²) in [4.78, 5) is 21.9. The van der Waals surface area contributed by atoms with E-state index in [0.717, 1.165) is 16.9 Å². The summed E-state index contributed by atoms with van der Waals surface area (Å²) in [6.07, 6.45) is 3.85. The lowest BCUT2D eigenvalue weighted by Crippen LogP contribution is -2.30. The molecular weight excluding hydrogens is 324 g/mol. The average molecular weight is 344 g/mol. The standard InChI is InChI=1S/C10H10O3.C9H10O3/c1-7-2-3-9-10(4-7)13-6-8(11)5-12-9;1-6-2-8-9(11-4-6)3-7(10)5-12-8/h2-4H,5-6H2,1H3;2,4,9H,3,5H2,1H3. The van der Waals surface area contributed by atoms with Crippen molar-refractivity contribution in [2.45, 2.75) is 26.4 Å². The van der Waals surface area contributed by atoms with Crippen LogP contribution in [0.5, 0.6) is 11.5 Å². The number of carbonyl (C=O) groups excluding carboxylic acids is 2. The van der Waals surface area contributed by atoms with Gasteiger partial charge in [0.25, 0.3) is 0 Å². The van der Waals surface area contributed by atoms with Crippen LogP contribution >= 0.6 is 0 Å². The largest absolute Gasteiger partial charge is 0.489 e. The molecule has 0 saturated carbocycles. The lowest BCUT2D eigenvalue weighted by Gasteiger charge is -2.27. The second-order valence-corrected chi connectivity index (χ2v) is 6.13. The molecule has 0 bridgehead atoms. The highest BCUT2D eigenvalue weighted by Gasteiger charge is 2.28. The van der Waals surface area contributed by atoms with E-state index < -0.39 is 0 Å². The Morgan fingerprint density at radius 2 is 1.64 bits per heavy atom. The van der Waals surface area contributed by atoms with Crippen LogP contribution in [0.2, 0.25) is 0 Å². The maximum atomic E-state index is 11.0. The molecule has 4 rings (SSSR count). The molecule has 1 aromatic rings. The van der Waals surface area contributed by atoms with E-state index in [1.807, 2.05) is 38.1 Å². The Hall–Kier alpha value is -2.76. The third-order valence-electron chi connectivity index (χ3n) is 3.79. The lowest BCUT2D eigenvalue weighted by molar-refractivity contribution is -0.129. The molecule has 1 aromatic carbocycles. The first-order valence-corrected chi connectivity index (χ1v) is 8.07. The molecule has 3 aliphatic heterocycles. The maximum absolute atomic E-state index is 11.0. The topological polar surface area (TPSA) is 71.1 Å². The van der Waals surface area contributed by atoms with Crippen LogP contribution in [0.15, 0.2) is 41.9 Å². The van der Waals surface area contributed by atoms with Gasteiger partial charge < -0.3 is 18.9 Å². The number of ketones is 2. The maximum Gasteiger partial charge on any atom is 0.207 e. The molecule has 6 heteroatoms. The number of rotatable bonds is 0. The van der Waals surface area contributed by atoms with Crippen molar-refractivity contribution in [1.82, 2.24) is 0 Å². The number of hydrogen-bond acceptors (Lipinski definition) is 6. The highest BCUT2D eigenvalue weighted by Crippen LogP contribution is 2.29. The van der Waals surface area contributed by atoms with Gasteiger partial charge in [-0.1, -0.05) is 6.07 Å². The summed E-state index contributed by atoms with van der Waals surface area (Å²) in [6, 6.07) is 5.62. The third-order valence-corrected chi connectivity index (χ3v) is 3.79. The monoisotopic (exact) mass is 344 g/mol. The summed E-state index contributed by atoms with van der Waals surface area (Å²) >= 11 is 0. The Kier molecular flexibility index (Phi) is 5.07. The second-order valence-electron chi connectivity index (χ2n) is 6.13. The van der Waals surface area contributed by atoms with Crippen LogP contribution in [0.25, 0.3) is 0 Å². The molecule has 0 radical (unpaired) electrons. The normalized spacial score (nSPS) is 21.3. The summed E-state index contributed by atoms with van der Waals surface area (Å²) in [5, 5.41) is 0. The molecule has 6 nitrogen and oxygen atoms in total. The minimum Gasteiger partial charge on any atom is -0.489 e. The fraction of sp³-hybridized carbons (Fsp3) is 0.368. The quantitative estimate of drug-likeness (QED) is 0.720. The van der Waals surface area contributed by atoms with Gasteiger partial charge in [0.15, 0.2) is 36.6 Å². The van der Waals surface area contributed by atoms with E-state index in [-0.39, 0.29) is 37.5 Å². The minimum absolute atomic E-state index is 0.0335. The van der Waals surface area contributed by atoms with E-state index in [1.54, 1.807) is 6.26 Å². The fourth-order valence-electron chi connectivity index (χ4n) is 2.53. The number of allylic oxidation sites excluding steroid dienone is 2.